The Hall–Kier alpha value is -1.90. The summed E-state index contributed by atoms with van der Waals surface area (Å²) in [5.74, 6) is 0.615. The van der Waals surface area contributed by atoms with Gasteiger partial charge in [0.25, 0.3) is 0 Å². The molecule has 5 heteroatoms. The van der Waals surface area contributed by atoms with E-state index in [0.29, 0.717) is 18.0 Å². The standard InChI is InChI=1S/C16H16BrN3O/c1-11(13-5-3-4-12(6-13)8-18)19-9-14-7-15(17)10-20-16(14)21-2/h3-7,10-11,19H,9H2,1-2H3. The van der Waals surface area contributed by atoms with E-state index in [0.717, 1.165) is 15.6 Å². The molecule has 0 saturated heterocycles. The van der Waals surface area contributed by atoms with Gasteiger partial charge in [0.15, 0.2) is 0 Å². The zero-order chi connectivity index (χ0) is 15.2. The lowest BCUT2D eigenvalue weighted by molar-refractivity contribution is 0.389. The van der Waals surface area contributed by atoms with Gasteiger partial charge in [-0.15, -0.1) is 0 Å². The van der Waals surface area contributed by atoms with E-state index < -0.39 is 0 Å². The second-order valence-electron chi connectivity index (χ2n) is 4.66. The number of benzene rings is 1. The summed E-state index contributed by atoms with van der Waals surface area (Å²) in [4.78, 5) is 4.22. The number of nitriles is 1. The fourth-order valence-corrected chi connectivity index (χ4v) is 2.42. The van der Waals surface area contributed by atoms with E-state index in [2.05, 4.69) is 39.2 Å². The van der Waals surface area contributed by atoms with E-state index in [1.807, 2.05) is 24.3 Å². The monoisotopic (exact) mass is 345 g/mol. The number of hydrogen-bond donors (Lipinski definition) is 1. The average molecular weight is 346 g/mol. The summed E-state index contributed by atoms with van der Waals surface area (Å²) < 4.78 is 6.18. The van der Waals surface area contributed by atoms with Crippen molar-refractivity contribution in [2.75, 3.05) is 7.11 Å². The highest BCUT2D eigenvalue weighted by atomic mass is 79.9. The van der Waals surface area contributed by atoms with Gasteiger partial charge in [-0.25, -0.2) is 4.98 Å². The van der Waals surface area contributed by atoms with Gasteiger partial charge in [-0.3, -0.25) is 0 Å². The number of methoxy groups -OCH3 is 1. The first-order chi connectivity index (χ1) is 10.1. The lowest BCUT2D eigenvalue weighted by atomic mass is 10.1. The second-order valence-corrected chi connectivity index (χ2v) is 5.58. The molecule has 1 unspecified atom stereocenters. The molecule has 1 heterocycles. The highest BCUT2D eigenvalue weighted by molar-refractivity contribution is 9.10. The first-order valence-corrected chi connectivity index (χ1v) is 7.35. The van der Waals surface area contributed by atoms with Crippen molar-refractivity contribution in [1.82, 2.24) is 10.3 Å². The molecular formula is C16H16BrN3O. The number of ether oxygens (including phenoxy) is 1. The third-order valence-corrected chi connectivity index (χ3v) is 3.63. The number of pyridine rings is 1. The maximum absolute atomic E-state index is 8.95. The van der Waals surface area contributed by atoms with Crippen molar-refractivity contribution in [3.05, 3.63) is 57.7 Å². The summed E-state index contributed by atoms with van der Waals surface area (Å²) in [6.07, 6.45) is 1.71. The Morgan fingerprint density at radius 1 is 1.43 bits per heavy atom. The van der Waals surface area contributed by atoms with Gasteiger partial charge in [0.05, 0.1) is 18.7 Å². The van der Waals surface area contributed by atoms with Gasteiger partial charge in [0.2, 0.25) is 5.88 Å². The number of nitrogens with zero attached hydrogens (tertiary/aromatic N) is 2. The summed E-state index contributed by atoms with van der Waals surface area (Å²) in [7, 11) is 1.61. The smallest absolute Gasteiger partial charge is 0.217 e. The van der Waals surface area contributed by atoms with Crippen LogP contribution in [0.3, 0.4) is 0 Å². The van der Waals surface area contributed by atoms with Gasteiger partial charge >= 0.3 is 0 Å². The van der Waals surface area contributed by atoms with E-state index in [4.69, 9.17) is 10.00 Å². The van der Waals surface area contributed by atoms with Crippen LogP contribution >= 0.6 is 15.9 Å². The lowest BCUT2D eigenvalue weighted by Crippen LogP contribution is -2.18. The molecule has 4 nitrogen and oxygen atoms in total. The quantitative estimate of drug-likeness (QED) is 0.899. The van der Waals surface area contributed by atoms with E-state index in [-0.39, 0.29) is 6.04 Å². The maximum atomic E-state index is 8.95. The normalized spacial score (nSPS) is 11.7. The molecule has 0 aliphatic rings. The molecule has 1 atom stereocenters. The van der Waals surface area contributed by atoms with Crippen LogP contribution in [0.5, 0.6) is 5.88 Å². The zero-order valence-corrected chi connectivity index (χ0v) is 13.5. The number of rotatable bonds is 5. The molecule has 1 aromatic heterocycles. The summed E-state index contributed by atoms with van der Waals surface area (Å²) in [6.45, 7) is 2.70. The maximum Gasteiger partial charge on any atom is 0.217 e. The van der Waals surface area contributed by atoms with Crippen LogP contribution < -0.4 is 10.1 Å². The van der Waals surface area contributed by atoms with Crippen molar-refractivity contribution in [2.45, 2.75) is 19.5 Å². The first-order valence-electron chi connectivity index (χ1n) is 6.56. The summed E-state index contributed by atoms with van der Waals surface area (Å²) >= 11 is 3.41. The van der Waals surface area contributed by atoms with Crippen LogP contribution in [0.2, 0.25) is 0 Å². The van der Waals surface area contributed by atoms with Crippen LogP contribution in [0.4, 0.5) is 0 Å². The van der Waals surface area contributed by atoms with Crippen LogP contribution in [0.25, 0.3) is 0 Å². The van der Waals surface area contributed by atoms with Crippen LogP contribution in [0, 0.1) is 11.3 Å². The molecule has 0 radical (unpaired) electrons. The van der Waals surface area contributed by atoms with Gasteiger partial charge in [-0.05, 0) is 46.6 Å². The van der Waals surface area contributed by atoms with Gasteiger partial charge in [0.1, 0.15) is 0 Å². The molecular weight excluding hydrogens is 330 g/mol. The second kappa shape index (κ2) is 7.21. The predicted octanol–water partition coefficient (Wildman–Crippen LogP) is 3.58. The topological polar surface area (TPSA) is 57.9 Å². The van der Waals surface area contributed by atoms with Crippen molar-refractivity contribution >= 4 is 15.9 Å². The van der Waals surface area contributed by atoms with Crippen molar-refractivity contribution < 1.29 is 4.74 Å². The van der Waals surface area contributed by atoms with Crippen molar-refractivity contribution in [1.29, 1.82) is 5.26 Å². The van der Waals surface area contributed by atoms with Gasteiger partial charge in [-0.1, -0.05) is 12.1 Å². The minimum atomic E-state index is 0.127. The molecule has 0 fully saturated rings. The number of hydrogen-bond acceptors (Lipinski definition) is 4. The Balaban J connectivity index is 2.09. The molecule has 0 aliphatic carbocycles. The van der Waals surface area contributed by atoms with Crippen molar-refractivity contribution in [3.63, 3.8) is 0 Å². The highest BCUT2D eigenvalue weighted by Gasteiger charge is 2.09. The molecule has 0 saturated carbocycles. The fourth-order valence-electron chi connectivity index (χ4n) is 2.04. The molecule has 0 amide bonds. The number of nitrogens with one attached hydrogen (secondary N) is 1. The number of halogens is 1. The molecule has 108 valence electrons. The zero-order valence-electron chi connectivity index (χ0n) is 11.9. The molecule has 2 aromatic rings. The first kappa shape index (κ1) is 15.5. The van der Waals surface area contributed by atoms with E-state index >= 15 is 0 Å². The molecule has 21 heavy (non-hydrogen) atoms. The summed E-state index contributed by atoms with van der Waals surface area (Å²) in [5, 5.41) is 12.4. The molecule has 0 bridgehead atoms. The van der Waals surface area contributed by atoms with E-state index in [1.54, 1.807) is 19.4 Å². The SMILES string of the molecule is COc1ncc(Br)cc1CNC(C)c1cccc(C#N)c1. The molecule has 0 aliphatic heterocycles. The van der Waals surface area contributed by atoms with E-state index in [1.165, 1.54) is 0 Å². The predicted molar refractivity (Wildman–Crippen MR) is 84.9 cm³/mol. The van der Waals surface area contributed by atoms with Crippen molar-refractivity contribution in [3.8, 4) is 11.9 Å². The highest BCUT2D eigenvalue weighted by Crippen LogP contribution is 2.21. The Kier molecular flexibility index (Phi) is 5.32. The van der Waals surface area contributed by atoms with Crippen LogP contribution in [-0.2, 0) is 6.54 Å². The lowest BCUT2D eigenvalue weighted by Gasteiger charge is -2.15. The number of aromatic nitrogens is 1. The Bertz CT molecular complexity index is 667. The molecule has 0 spiro atoms. The van der Waals surface area contributed by atoms with Gasteiger partial charge in [0, 0.05) is 28.8 Å². The Labute approximate surface area is 132 Å². The minimum Gasteiger partial charge on any atom is -0.481 e. The molecule has 1 aromatic carbocycles. The minimum absolute atomic E-state index is 0.127. The van der Waals surface area contributed by atoms with Crippen LogP contribution in [0.1, 0.15) is 29.7 Å². The largest absolute Gasteiger partial charge is 0.481 e. The summed E-state index contributed by atoms with van der Waals surface area (Å²) in [6, 6.07) is 11.9. The van der Waals surface area contributed by atoms with Crippen LogP contribution in [-0.4, -0.2) is 12.1 Å². The van der Waals surface area contributed by atoms with Gasteiger partial charge < -0.3 is 10.1 Å². The fraction of sp³-hybridized carbons (Fsp3) is 0.250. The summed E-state index contributed by atoms with van der Waals surface area (Å²) in [5.41, 5.74) is 2.73. The third kappa shape index (κ3) is 4.03. The van der Waals surface area contributed by atoms with Crippen LogP contribution in [0.15, 0.2) is 41.0 Å². The Morgan fingerprint density at radius 2 is 2.24 bits per heavy atom. The average Bonchev–Trinajstić information content (AvgIpc) is 2.52. The van der Waals surface area contributed by atoms with Gasteiger partial charge in [-0.2, -0.15) is 5.26 Å². The Morgan fingerprint density at radius 3 is 2.95 bits per heavy atom. The van der Waals surface area contributed by atoms with E-state index in [9.17, 15) is 0 Å². The third-order valence-electron chi connectivity index (χ3n) is 3.20. The molecule has 2 rings (SSSR count). The molecule has 1 N–H and O–H groups in total. The van der Waals surface area contributed by atoms with Crippen molar-refractivity contribution in [2.24, 2.45) is 0 Å².